The second kappa shape index (κ2) is 7.73. The molecule has 0 aromatic carbocycles. The lowest BCUT2D eigenvalue weighted by atomic mass is 10.2. The summed E-state index contributed by atoms with van der Waals surface area (Å²) in [5.41, 5.74) is 0. The van der Waals surface area contributed by atoms with Gasteiger partial charge in [0.25, 0.3) is 0 Å². The normalized spacial score (nSPS) is 9.69. The van der Waals surface area contributed by atoms with E-state index in [-0.39, 0.29) is 11.7 Å². The van der Waals surface area contributed by atoms with Crippen LogP contribution in [0.15, 0.2) is 0 Å². The van der Waals surface area contributed by atoms with Crippen LogP contribution in [0.1, 0.15) is 26.7 Å². The fourth-order valence-electron chi connectivity index (χ4n) is 0.866. The molecule has 0 saturated carbocycles. The second-order valence-corrected chi connectivity index (χ2v) is 2.94. The summed E-state index contributed by atoms with van der Waals surface area (Å²) in [4.78, 5) is 21.5. The van der Waals surface area contributed by atoms with Gasteiger partial charge in [-0.2, -0.15) is 0 Å². The maximum absolute atomic E-state index is 11.0. The van der Waals surface area contributed by atoms with Crippen LogP contribution in [0.25, 0.3) is 0 Å². The van der Waals surface area contributed by atoms with Crippen molar-refractivity contribution in [3.05, 3.63) is 0 Å². The summed E-state index contributed by atoms with van der Waals surface area (Å²) in [6.07, 6.45) is 1.27. The molecule has 2 N–H and O–H groups in total. The highest BCUT2D eigenvalue weighted by atomic mass is 16.2. The number of Topliss-reactive ketones (excluding diaryl/α,β-unsaturated/α-hetero) is 1. The Morgan fingerprint density at radius 1 is 1.31 bits per heavy atom. The summed E-state index contributed by atoms with van der Waals surface area (Å²) >= 11 is 0. The maximum atomic E-state index is 11.0. The number of carbonyl (C=O) groups is 2. The van der Waals surface area contributed by atoms with Gasteiger partial charge in [0.2, 0.25) is 5.91 Å². The van der Waals surface area contributed by atoms with Gasteiger partial charge >= 0.3 is 0 Å². The van der Waals surface area contributed by atoms with Gasteiger partial charge in [0, 0.05) is 13.0 Å². The first-order valence-electron chi connectivity index (χ1n) is 4.63. The van der Waals surface area contributed by atoms with E-state index in [4.69, 9.17) is 0 Å². The molecule has 0 rings (SSSR count). The van der Waals surface area contributed by atoms with Gasteiger partial charge in [-0.1, -0.05) is 6.92 Å². The van der Waals surface area contributed by atoms with Crippen molar-refractivity contribution in [3.8, 4) is 0 Å². The summed E-state index contributed by atoms with van der Waals surface area (Å²) in [6, 6.07) is 0. The Balaban J connectivity index is 3.22. The maximum Gasteiger partial charge on any atom is 0.233 e. The fourth-order valence-corrected chi connectivity index (χ4v) is 0.866. The molecular weight excluding hydrogens is 168 g/mol. The van der Waals surface area contributed by atoms with E-state index in [0.29, 0.717) is 19.5 Å². The minimum atomic E-state index is -0.00889. The summed E-state index contributed by atoms with van der Waals surface area (Å²) in [7, 11) is 0. The van der Waals surface area contributed by atoms with Crippen molar-refractivity contribution in [3.63, 3.8) is 0 Å². The Bertz CT molecular complexity index is 169. The zero-order chi connectivity index (χ0) is 10.1. The highest BCUT2D eigenvalue weighted by Gasteiger charge is 1.98. The molecule has 0 saturated heterocycles. The van der Waals surface area contributed by atoms with Crippen LogP contribution in [0.3, 0.4) is 0 Å². The van der Waals surface area contributed by atoms with Crippen LogP contribution >= 0.6 is 0 Å². The average Bonchev–Trinajstić information content (AvgIpc) is 2.08. The molecule has 0 aliphatic heterocycles. The minimum absolute atomic E-state index is 0.00889. The topological polar surface area (TPSA) is 58.2 Å². The van der Waals surface area contributed by atoms with Crippen molar-refractivity contribution in [2.24, 2.45) is 0 Å². The van der Waals surface area contributed by atoms with Gasteiger partial charge in [0.1, 0.15) is 5.78 Å². The van der Waals surface area contributed by atoms with E-state index in [9.17, 15) is 9.59 Å². The first kappa shape index (κ1) is 12.1. The van der Waals surface area contributed by atoms with E-state index >= 15 is 0 Å². The van der Waals surface area contributed by atoms with Crippen molar-refractivity contribution in [1.29, 1.82) is 0 Å². The third kappa shape index (κ3) is 9.01. The lowest BCUT2D eigenvalue weighted by Crippen LogP contribution is -2.34. The van der Waals surface area contributed by atoms with Crippen molar-refractivity contribution in [2.45, 2.75) is 26.7 Å². The van der Waals surface area contributed by atoms with Crippen molar-refractivity contribution in [1.82, 2.24) is 10.6 Å². The number of nitrogens with one attached hydrogen (secondary N) is 2. The average molecular weight is 186 g/mol. The van der Waals surface area contributed by atoms with Crippen LogP contribution in [0.4, 0.5) is 0 Å². The lowest BCUT2D eigenvalue weighted by molar-refractivity contribution is -0.121. The molecule has 0 atom stereocenters. The molecule has 0 aliphatic rings. The van der Waals surface area contributed by atoms with Crippen LogP contribution in [-0.4, -0.2) is 31.3 Å². The third-order valence-corrected chi connectivity index (χ3v) is 1.56. The van der Waals surface area contributed by atoms with Crippen molar-refractivity contribution in [2.75, 3.05) is 19.6 Å². The molecule has 0 bridgehead atoms. The fraction of sp³-hybridized carbons (Fsp3) is 0.778. The van der Waals surface area contributed by atoms with Gasteiger partial charge in [-0.05, 0) is 19.9 Å². The Labute approximate surface area is 79.1 Å². The summed E-state index contributed by atoms with van der Waals surface area (Å²) < 4.78 is 0. The zero-order valence-electron chi connectivity index (χ0n) is 8.35. The predicted octanol–water partition coefficient (Wildman–Crippen LogP) is 0.0813. The molecule has 0 aromatic heterocycles. The van der Waals surface area contributed by atoms with E-state index in [0.717, 1.165) is 13.0 Å². The first-order valence-corrected chi connectivity index (χ1v) is 4.63. The SMILES string of the molecule is CCNCC(=O)NCCCC(C)=O. The molecule has 76 valence electrons. The van der Waals surface area contributed by atoms with Crippen LogP contribution in [0, 0.1) is 0 Å². The van der Waals surface area contributed by atoms with Gasteiger partial charge in [0.15, 0.2) is 0 Å². The van der Waals surface area contributed by atoms with E-state index in [1.807, 2.05) is 6.92 Å². The van der Waals surface area contributed by atoms with Gasteiger partial charge in [-0.15, -0.1) is 0 Å². The molecule has 0 unspecified atom stereocenters. The molecule has 1 amide bonds. The molecular formula is C9H18N2O2. The van der Waals surface area contributed by atoms with E-state index in [2.05, 4.69) is 10.6 Å². The molecule has 4 nitrogen and oxygen atoms in total. The molecule has 0 heterocycles. The van der Waals surface area contributed by atoms with E-state index < -0.39 is 0 Å². The highest BCUT2D eigenvalue weighted by molar-refractivity contribution is 5.78. The number of carbonyl (C=O) groups excluding carboxylic acids is 2. The van der Waals surface area contributed by atoms with Crippen molar-refractivity contribution >= 4 is 11.7 Å². The molecule has 0 fully saturated rings. The van der Waals surface area contributed by atoms with Crippen LogP contribution in [0.2, 0.25) is 0 Å². The standard InChI is InChI=1S/C9H18N2O2/c1-3-10-7-9(13)11-6-4-5-8(2)12/h10H,3-7H2,1-2H3,(H,11,13). The van der Waals surface area contributed by atoms with E-state index in [1.54, 1.807) is 6.92 Å². The Morgan fingerprint density at radius 2 is 2.00 bits per heavy atom. The highest BCUT2D eigenvalue weighted by Crippen LogP contribution is 1.87. The number of hydrogen-bond acceptors (Lipinski definition) is 3. The van der Waals surface area contributed by atoms with Crippen LogP contribution in [-0.2, 0) is 9.59 Å². The predicted molar refractivity (Wildman–Crippen MR) is 51.5 cm³/mol. The lowest BCUT2D eigenvalue weighted by Gasteiger charge is -2.03. The summed E-state index contributed by atoms with van der Waals surface area (Å²) in [5, 5.41) is 5.64. The van der Waals surface area contributed by atoms with Gasteiger partial charge < -0.3 is 15.4 Å². The smallest absolute Gasteiger partial charge is 0.233 e. The summed E-state index contributed by atoms with van der Waals surface area (Å²) in [5.74, 6) is 0.159. The number of amides is 1. The Kier molecular flexibility index (Phi) is 7.20. The van der Waals surface area contributed by atoms with Crippen molar-refractivity contribution < 1.29 is 9.59 Å². The monoisotopic (exact) mass is 186 g/mol. The first-order chi connectivity index (χ1) is 6.16. The number of hydrogen-bond donors (Lipinski definition) is 2. The number of ketones is 1. The molecule has 13 heavy (non-hydrogen) atoms. The zero-order valence-corrected chi connectivity index (χ0v) is 8.35. The summed E-state index contributed by atoms with van der Waals surface area (Å²) in [6.45, 7) is 5.24. The minimum Gasteiger partial charge on any atom is -0.355 e. The molecule has 0 spiro atoms. The number of rotatable bonds is 7. The third-order valence-electron chi connectivity index (χ3n) is 1.56. The molecule has 0 aliphatic carbocycles. The number of likely N-dealkylation sites (N-methyl/N-ethyl adjacent to an activating group) is 1. The van der Waals surface area contributed by atoms with Gasteiger partial charge in [-0.25, -0.2) is 0 Å². The Hall–Kier alpha value is -0.900. The Morgan fingerprint density at radius 3 is 2.54 bits per heavy atom. The van der Waals surface area contributed by atoms with Gasteiger partial charge in [-0.3, -0.25) is 4.79 Å². The molecule has 0 aromatic rings. The molecule has 4 heteroatoms. The van der Waals surface area contributed by atoms with Crippen LogP contribution < -0.4 is 10.6 Å². The quantitative estimate of drug-likeness (QED) is 0.554. The largest absolute Gasteiger partial charge is 0.355 e. The van der Waals surface area contributed by atoms with Gasteiger partial charge in [0.05, 0.1) is 6.54 Å². The molecule has 0 radical (unpaired) electrons. The van der Waals surface area contributed by atoms with E-state index in [1.165, 1.54) is 0 Å². The van der Waals surface area contributed by atoms with Crippen LogP contribution in [0.5, 0.6) is 0 Å². The second-order valence-electron chi connectivity index (χ2n) is 2.94.